The van der Waals surface area contributed by atoms with Crippen molar-refractivity contribution < 1.29 is 19.0 Å². The highest BCUT2D eigenvalue weighted by Crippen LogP contribution is 2.00. The van der Waals surface area contributed by atoms with Crippen LogP contribution in [0.5, 0.6) is 0 Å². The third kappa shape index (κ3) is 3.93. The molecule has 1 aliphatic rings. The van der Waals surface area contributed by atoms with Crippen molar-refractivity contribution in [1.82, 2.24) is 4.90 Å². The van der Waals surface area contributed by atoms with Gasteiger partial charge in [-0.2, -0.15) is 0 Å². The Kier molecular flexibility index (Phi) is 5.32. The molecule has 0 saturated carbocycles. The van der Waals surface area contributed by atoms with Crippen LogP contribution in [0, 0.1) is 0 Å². The second-order valence-electron chi connectivity index (χ2n) is 3.06. The zero-order valence-electron chi connectivity index (χ0n) is 8.53. The van der Waals surface area contributed by atoms with Crippen molar-refractivity contribution in [1.29, 1.82) is 0 Å². The quantitative estimate of drug-likeness (QED) is 0.624. The molecule has 0 aromatic rings. The molecular weight excluding hydrogens is 186 g/mol. The van der Waals surface area contributed by atoms with Gasteiger partial charge in [0.2, 0.25) is 0 Å². The van der Waals surface area contributed by atoms with Crippen molar-refractivity contribution in [3.05, 3.63) is 0 Å². The minimum atomic E-state index is -0.246. The standard InChI is InChI=1S/C9H17NO4/c1-12-5-2-6-14-9(11)10-3-7-13-8-4-10/h2-8H2,1H3. The Morgan fingerprint density at radius 2 is 2.07 bits per heavy atom. The number of nitrogens with zero attached hydrogens (tertiary/aromatic N) is 1. The van der Waals surface area contributed by atoms with E-state index in [2.05, 4.69) is 0 Å². The van der Waals surface area contributed by atoms with Gasteiger partial charge in [0, 0.05) is 33.2 Å². The monoisotopic (exact) mass is 203 g/mol. The van der Waals surface area contributed by atoms with Gasteiger partial charge >= 0.3 is 6.09 Å². The molecule has 0 unspecified atom stereocenters. The van der Waals surface area contributed by atoms with Gasteiger partial charge in [0.25, 0.3) is 0 Å². The number of carbonyl (C=O) groups is 1. The number of ether oxygens (including phenoxy) is 3. The fourth-order valence-corrected chi connectivity index (χ4v) is 1.20. The predicted octanol–water partition coefficient (Wildman–Crippen LogP) is 0.492. The lowest BCUT2D eigenvalue weighted by atomic mass is 10.4. The van der Waals surface area contributed by atoms with Gasteiger partial charge in [0.05, 0.1) is 19.8 Å². The molecule has 5 heteroatoms. The maximum absolute atomic E-state index is 11.4. The van der Waals surface area contributed by atoms with E-state index < -0.39 is 0 Å². The van der Waals surface area contributed by atoms with E-state index in [4.69, 9.17) is 14.2 Å². The lowest BCUT2D eigenvalue weighted by Gasteiger charge is -2.25. The summed E-state index contributed by atoms with van der Waals surface area (Å²) in [5.74, 6) is 0. The van der Waals surface area contributed by atoms with E-state index in [0.29, 0.717) is 39.5 Å². The molecule has 1 aliphatic heterocycles. The van der Waals surface area contributed by atoms with Gasteiger partial charge in [-0.1, -0.05) is 0 Å². The third-order valence-electron chi connectivity index (χ3n) is 1.99. The van der Waals surface area contributed by atoms with E-state index >= 15 is 0 Å². The summed E-state index contributed by atoms with van der Waals surface area (Å²) in [5.41, 5.74) is 0. The van der Waals surface area contributed by atoms with Gasteiger partial charge in [-0.15, -0.1) is 0 Å². The average Bonchev–Trinajstić information content (AvgIpc) is 2.25. The van der Waals surface area contributed by atoms with Crippen LogP contribution >= 0.6 is 0 Å². The first-order valence-electron chi connectivity index (χ1n) is 4.83. The lowest BCUT2D eigenvalue weighted by Crippen LogP contribution is -2.41. The number of hydrogen-bond acceptors (Lipinski definition) is 4. The first-order chi connectivity index (χ1) is 6.84. The molecule has 1 rings (SSSR count). The molecule has 0 aliphatic carbocycles. The number of rotatable bonds is 4. The lowest BCUT2D eigenvalue weighted by molar-refractivity contribution is 0.0251. The van der Waals surface area contributed by atoms with Crippen LogP contribution in [0.2, 0.25) is 0 Å². The summed E-state index contributed by atoms with van der Waals surface area (Å²) in [6.45, 7) is 3.51. The van der Waals surface area contributed by atoms with Gasteiger partial charge in [-0.25, -0.2) is 4.79 Å². The predicted molar refractivity (Wildman–Crippen MR) is 50.2 cm³/mol. The molecule has 1 heterocycles. The average molecular weight is 203 g/mol. The molecular formula is C9H17NO4. The van der Waals surface area contributed by atoms with Gasteiger partial charge in [0.1, 0.15) is 0 Å². The Balaban J connectivity index is 2.07. The minimum Gasteiger partial charge on any atom is -0.449 e. The Morgan fingerprint density at radius 1 is 1.36 bits per heavy atom. The van der Waals surface area contributed by atoms with Crippen LogP contribution in [-0.4, -0.2) is 57.6 Å². The summed E-state index contributed by atoms with van der Waals surface area (Å²) in [4.78, 5) is 13.0. The molecule has 1 saturated heterocycles. The van der Waals surface area contributed by atoms with Crippen LogP contribution in [0.4, 0.5) is 4.79 Å². The molecule has 0 radical (unpaired) electrons. The fraction of sp³-hybridized carbons (Fsp3) is 0.889. The summed E-state index contributed by atoms with van der Waals surface area (Å²) in [6, 6.07) is 0. The van der Waals surface area contributed by atoms with E-state index in [0.717, 1.165) is 6.42 Å². The van der Waals surface area contributed by atoms with Crippen molar-refractivity contribution in [3.8, 4) is 0 Å². The number of amides is 1. The molecule has 0 bridgehead atoms. The highest BCUT2D eigenvalue weighted by atomic mass is 16.6. The number of hydrogen-bond donors (Lipinski definition) is 0. The second-order valence-corrected chi connectivity index (χ2v) is 3.06. The highest BCUT2D eigenvalue weighted by Gasteiger charge is 2.17. The van der Waals surface area contributed by atoms with Gasteiger partial charge < -0.3 is 19.1 Å². The van der Waals surface area contributed by atoms with Crippen LogP contribution < -0.4 is 0 Å². The Labute approximate surface area is 83.9 Å². The molecule has 14 heavy (non-hydrogen) atoms. The third-order valence-corrected chi connectivity index (χ3v) is 1.99. The number of morpholine rings is 1. The normalized spacial score (nSPS) is 16.8. The van der Waals surface area contributed by atoms with Crippen molar-refractivity contribution in [2.45, 2.75) is 6.42 Å². The number of carbonyl (C=O) groups excluding carboxylic acids is 1. The van der Waals surface area contributed by atoms with Crippen LogP contribution in [0.3, 0.4) is 0 Å². The molecule has 0 aromatic carbocycles. The maximum Gasteiger partial charge on any atom is 0.409 e. The molecule has 5 nitrogen and oxygen atoms in total. The summed E-state index contributed by atoms with van der Waals surface area (Å²) in [7, 11) is 1.63. The summed E-state index contributed by atoms with van der Waals surface area (Å²) < 4.78 is 15.0. The van der Waals surface area contributed by atoms with E-state index in [9.17, 15) is 4.79 Å². The Bertz CT molecular complexity index is 168. The summed E-state index contributed by atoms with van der Waals surface area (Å²) in [5, 5.41) is 0. The topological polar surface area (TPSA) is 48.0 Å². The van der Waals surface area contributed by atoms with Crippen molar-refractivity contribution in [2.75, 3.05) is 46.6 Å². The van der Waals surface area contributed by atoms with E-state index in [-0.39, 0.29) is 6.09 Å². The largest absolute Gasteiger partial charge is 0.449 e. The number of methoxy groups -OCH3 is 1. The first-order valence-corrected chi connectivity index (χ1v) is 4.83. The minimum absolute atomic E-state index is 0.246. The molecule has 0 atom stereocenters. The zero-order chi connectivity index (χ0) is 10.2. The summed E-state index contributed by atoms with van der Waals surface area (Å²) in [6.07, 6.45) is 0.497. The van der Waals surface area contributed by atoms with E-state index in [1.54, 1.807) is 12.0 Å². The van der Waals surface area contributed by atoms with E-state index in [1.807, 2.05) is 0 Å². The molecule has 0 N–H and O–H groups in total. The van der Waals surface area contributed by atoms with Crippen LogP contribution in [-0.2, 0) is 14.2 Å². The fourth-order valence-electron chi connectivity index (χ4n) is 1.20. The van der Waals surface area contributed by atoms with Gasteiger partial charge in [-0.3, -0.25) is 0 Å². The first kappa shape index (κ1) is 11.3. The molecule has 0 spiro atoms. The Hall–Kier alpha value is -0.810. The Morgan fingerprint density at radius 3 is 2.71 bits per heavy atom. The second kappa shape index (κ2) is 6.62. The van der Waals surface area contributed by atoms with Gasteiger partial charge in [-0.05, 0) is 0 Å². The zero-order valence-corrected chi connectivity index (χ0v) is 8.53. The van der Waals surface area contributed by atoms with Crippen LogP contribution in [0.1, 0.15) is 6.42 Å². The molecule has 1 amide bonds. The van der Waals surface area contributed by atoms with Crippen molar-refractivity contribution >= 4 is 6.09 Å². The molecule has 82 valence electrons. The van der Waals surface area contributed by atoms with Gasteiger partial charge in [0.15, 0.2) is 0 Å². The van der Waals surface area contributed by atoms with Crippen molar-refractivity contribution in [2.24, 2.45) is 0 Å². The molecule has 1 fully saturated rings. The van der Waals surface area contributed by atoms with Crippen LogP contribution in [0.15, 0.2) is 0 Å². The van der Waals surface area contributed by atoms with Crippen LogP contribution in [0.25, 0.3) is 0 Å². The SMILES string of the molecule is COCCCOC(=O)N1CCOCC1. The van der Waals surface area contributed by atoms with Crippen molar-refractivity contribution in [3.63, 3.8) is 0 Å². The smallest absolute Gasteiger partial charge is 0.409 e. The molecule has 0 aromatic heterocycles. The highest BCUT2D eigenvalue weighted by molar-refractivity contribution is 5.67. The maximum atomic E-state index is 11.4. The summed E-state index contributed by atoms with van der Waals surface area (Å²) >= 11 is 0. The van der Waals surface area contributed by atoms with E-state index in [1.165, 1.54) is 0 Å².